The normalized spacial score (nSPS) is 13.2. The molecule has 9 rings (SSSR count). The highest BCUT2D eigenvalue weighted by Gasteiger charge is 2.20. The third-order valence-electron chi connectivity index (χ3n) is 7.84. The Morgan fingerprint density at radius 2 is 1.00 bits per heavy atom. The van der Waals surface area contributed by atoms with Crippen LogP contribution in [0.4, 0.5) is 0 Å². The molecule has 0 aliphatic rings. The van der Waals surface area contributed by atoms with Gasteiger partial charge in [-0.15, -0.1) is 22.7 Å². The predicted molar refractivity (Wildman–Crippen MR) is 187 cm³/mol. The van der Waals surface area contributed by atoms with Crippen molar-refractivity contribution in [2.75, 3.05) is 0 Å². The fourth-order valence-corrected chi connectivity index (χ4v) is 8.29. The minimum absolute atomic E-state index is 0.189. The molecule has 0 radical (unpaired) electrons. The molecule has 6 aromatic carbocycles. The minimum Gasteiger partial charge on any atom is -0.208 e. The number of aromatic nitrogens is 3. The Kier molecular flexibility index (Phi) is 4.78. The number of hydrogen-bond donors (Lipinski definition) is 0. The largest absolute Gasteiger partial charge is 0.208 e. The highest BCUT2D eigenvalue weighted by Crippen LogP contribution is 2.44. The van der Waals surface area contributed by atoms with Gasteiger partial charge in [-0.05, 0) is 29.3 Å². The topological polar surface area (TPSA) is 38.7 Å². The second-order valence-corrected chi connectivity index (χ2v) is 12.5. The summed E-state index contributed by atoms with van der Waals surface area (Å²) in [5.74, 6) is 1.67. The lowest BCUT2D eigenvalue weighted by molar-refractivity contribution is 1.08. The summed E-state index contributed by atoms with van der Waals surface area (Å²) in [6, 6.07) is 34.7. The van der Waals surface area contributed by atoms with E-state index in [0.29, 0.717) is 23.0 Å². The van der Waals surface area contributed by atoms with E-state index in [1.54, 1.807) is 11.3 Å². The zero-order chi connectivity index (χ0) is 33.4. The molecule has 0 spiro atoms. The van der Waals surface area contributed by atoms with E-state index in [4.69, 9.17) is 21.8 Å². The summed E-state index contributed by atoms with van der Waals surface area (Å²) < 4.78 is 46.2. The van der Waals surface area contributed by atoms with Crippen molar-refractivity contribution < 1.29 is 6.85 Å². The van der Waals surface area contributed by atoms with Crippen molar-refractivity contribution in [3.05, 3.63) is 139 Å². The van der Waals surface area contributed by atoms with Gasteiger partial charge < -0.3 is 0 Å². The van der Waals surface area contributed by atoms with E-state index < -0.39 is 6.04 Å². The first kappa shape index (κ1) is 20.6. The zero-order valence-corrected chi connectivity index (χ0v) is 24.7. The number of thiophene rings is 2. The molecule has 5 heteroatoms. The third kappa shape index (κ3) is 4.05. The Hall–Kier alpha value is -5.23. The van der Waals surface area contributed by atoms with Gasteiger partial charge in [0.05, 0.1) is 6.85 Å². The van der Waals surface area contributed by atoms with Crippen LogP contribution in [-0.4, -0.2) is 15.0 Å². The van der Waals surface area contributed by atoms with E-state index in [0.717, 1.165) is 52.3 Å². The van der Waals surface area contributed by atoms with E-state index in [-0.39, 0.29) is 29.7 Å². The second-order valence-electron chi connectivity index (χ2n) is 10.4. The molecule has 0 saturated carbocycles. The Morgan fingerprint density at radius 1 is 0.432 bits per heavy atom. The number of nitrogens with zero attached hydrogens (tertiary/aromatic N) is 3. The fraction of sp³-hybridized carbons (Fsp3) is 0. The molecule has 0 amide bonds. The van der Waals surface area contributed by atoms with E-state index in [2.05, 4.69) is 36.4 Å². The molecule has 3 nitrogen and oxygen atoms in total. The molecular weight excluding hydrogens is 575 g/mol. The first-order valence-corrected chi connectivity index (χ1v) is 15.8. The molecule has 0 aliphatic carbocycles. The Balaban J connectivity index is 1.33. The van der Waals surface area contributed by atoms with Crippen molar-refractivity contribution in [3.8, 4) is 45.3 Å². The summed E-state index contributed by atoms with van der Waals surface area (Å²) >= 11 is 3.27. The van der Waals surface area contributed by atoms with Gasteiger partial charge in [0.25, 0.3) is 0 Å². The maximum atomic E-state index is 8.67. The van der Waals surface area contributed by atoms with Gasteiger partial charge in [0, 0.05) is 57.0 Å². The molecule has 0 saturated heterocycles. The fourth-order valence-electron chi connectivity index (χ4n) is 5.91. The number of fused-ring (bicyclic) bond motifs is 6. The van der Waals surface area contributed by atoms with Gasteiger partial charge in [0.15, 0.2) is 17.5 Å². The highest BCUT2D eigenvalue weighted by atomic mass is 32.1. The van der Waals surface area contributed by atoms with Crippen LogP contribution >= 0.6 is 22.7 Å². The Morgan fingerprint density at radius 3 is 1.77 bits per heavy atom. The summed E-state index contributed by atoms with van der Waals surface area (Å²) in [5.41, 5.74) is 3.42. The van der Waals surface area contributed by atoms with Crippen LogP contribution in [0.5, 0.6) is 0 Å². The minimum atomic E-state index is -0.407. The summed E-state index contributed by atoms with van der Waals surface area (Å²) in [6.07, 6.45) is 0. The van der Waals surface area contributed by atoms with Gasteiger partial charge >= 0.3 is 0 Å². The zero-order valence-electron chi connectivity index (χ0n) is 28.1. The Labute approximate surface area is 268 Å². The molecule has 0 fully saturated rings. The van der Waals surface area contributed by atoms with Crippen LogP contribution in [0.25, 0.3) is 85.6 Å². The monoisotopic (exact) mass is 602 g/mol. The predicted octanol–water partition coefficient (Wildman–Crippen LogP) is 11.3. The molecular formula is C39H23N3S2. The smallest absolute Gasteiger partial charge is 0.164 e. The average molecular weight is 603 g/mol. The van der Waals surface area contributed by atoms with Crippen LogP contribution in [0.15, 0.2) is 139 Å². The molecule has 0 unspecified atom stereocenters. The number of hydrogen-bond acceptors (Lipinski definition) is 5. The Bertz CT molecular complexity index is 2760. The summed E-state index contributed by atoms with van der Waals surface area (Å²) in [6.45, 7) is 0. The van der Waals surface area contributed by atoms with Crippen LogP contribution in [0.1, 0.15) is 6.85 Å². The number of benzene rings is 6. The molecule has 0 atom stereocenters. The van der Waals surface area contributed by atoms with Crippen LogP contribution in [0, 0.1) is 0 Å². The van der Waals surface area contributed by atoms with E-state index >= 15 is 0 Å². The number of rotatable bonds is 4. The van der Waals surface area contributed by atoms with Gasteiger partial charge in [-0.25, -0.2) is 15.0 Å². The van der Waals surface area contributed by atoms with E-state index in [9.17, 15) is 0 Å². The van der Waals surface area contributed by atoms with E-state index in [1.165, 1.54) is 16.0 Å². The second kappa shape index (κ2) is 10.2. The van der Waals surface area contributed by atoms with Crippen LogP contribution in [0.2, 0.25) is 0 Å². The van der Waals surface area contributed by atoms with Crippen LogP contribution in [-0.2, 0) is 0 Å². The van der Waals surface area contributed by atoms with Gasteiger partial charge in [-0.3, -0.25) is 0 Å². The van der Waals surface area contributed by atoms with Crippen LogP contribution < -0.4 is 0 Å². The molecule has 44 heavy (non-hydrogen) atoms. The van der Waals surface area contributed by atoms with Crippen LogP contribution in [0.3, 0.4) is 0 Å². The lowest BCUT2D eigenvalue weighted by atomic mass is 10.0. The molecule has 3 aromatic heterocycles. The van der Waals surface area contributed by atoms with Gasteiger partial charge in [0.2, 0.25) is 0 Å². The summed E-state index contributed by atoms with van der Waals surface area (Å²) in [5, 5.41) is 4.11. The quantitative estimate of drug-likeness (QED) is 0.201. The molecule has 0 bridgehead atoms. The van der Waals surface area contributed by atoms with Crippen molar-refractivity contribution >= 4 is 63.0 Å². The summed E-state index contributed by atoms with van der Waals surface area (Å²) in [4.78, 5) is 15.3. The van der Waals surface area contributed by atoms with Crippen molar-refractivity contribution in [2.45, 2.75) is 0 Å². The van der Waals surface area contributed by atoms with Gasteiger partial charge in [-0.2, -0.15) is 0 Å². The molecule has 3 heterocycles. The first-order valence-electron chi connectivity index (χ1n) is 16.6. The molecule has 9 aromatic rings. The maximum Gasteiger partial charge on any atom is 0.164 e. The standard InChI is InChI=1S/C39H23N3S2/c1-3-12-24(13-4-1)26-17-9-18-28-35-30(20-11-23-33(35)44-36(26)28)39-41-37(25-14-5-2-6-15-25)40-38(42-39)29-19-10-22-32-34(29)27-16-7-8-21-31(27)43-32/h1-23H/i1D,3D,4D,12D,13D. The summed E-state index contributed by atoms with van der Waals surface area (Å²) in [7, 11) is 0. The molecule has 0 N–H and O–H groups in total. The lowest BCUT2D eigenvalue weighted by Crippen LogP contribution is -2.00. The van der Waals surface area contributed by atoms with Gasteiger partial charge in [-0.1, -0.05) is 121 Å². The SMILES string of the molecule is [2H]c1c([2H])c([2H])c(-c2cccc3c2sc2cccc(-c4nc(-c5ccccc5)nc(-c5cccc6sc7ccccc7c56)n4)c23)c([2H])c1[2H]. The van der Waals surface area contributed by atoms with Gasteiger partial charge in [0.1, 0.15) is 0 Å². The molecule has 0 aliphatic heterocycles. The highest BCUT2D eigenvalue weighted by molar-refractivity contribution is 7.26. The average Bonchev–Trinajstić information content (AvgIpc) is 3.72. The first-order chi connectivity index (χ1) is 23.9. The van der Waals surface area contributed by atoms with Crippen molar-refractivity contribution in [1.29, 1.82) is 0 Å². The third-order valence-corrected chi connectivity index (χ3v) is 10.2. The van der Waals surface area contributed by atoms with E-state index in [1.807, 2.05) is 72.8 Å². The molecule has 206 valence electrons. The van der Waals surface area contributed by atoms with Crippen molar-refractivity contribution in [1.82, 2.24) is 15.0 Å². The maximum absolute atomic E-state index is 8.67. The van der Waals surface area contributed by atoms with Crippen molar-refractivity contribution in [2.24, 2.45) is 0 Å². The van der Waals surface area contributed by atoms with Crippen molar-refractivity contribution in [3.63, 3.8) is 0 Å². The lowest BCUT2D eigenvalue weighted by Gasteiger charge is -2.10.